The van der Waals surface area contributed by atoms with E-state index in [4.69, 9.17) is 11.0 Å². The third-order valence-corrected chi connectivity index (χ3v) is 5.44. The molecule has 0 aliphatic carbocycles. The van der Waals surface area contributed by atoms with Crippen LogP contribution in [0.15, 0.2) is 0 Å². The summed E-state index contributed by atoms with van der Waals surface area (Å²) in [5.74, 6) is 0. The van der Waals surface area contributed by atoms with Crippen molar-refractivity contribution in [1.82, 2.24) is 37.2 Å². The van der Waals surface area contributed by atoms with Crippen LogP contribution in [0.25, 0.3) is 0 Å². The van der Waals surface area contributed by atoms with E-state index in [-0.39, 0.29) is 5.54 Å². The van der Waals surface area contributed by atoms with Crippen LogP contribution in [0.2, 0.25) is 0 Å². The predicted octanol–water partition coefficient (Wildman–Crippen LogP) is -1.31. The van der Waals surface area contributed by atoms with E-state index in [2.05, 4.69) is 43.3 Å². The Balaban J connectivity index is 2.02. The third-order valence-electron chi connectivity index (χ3n) is 5.44. The van der Waals surface area contributed by atoms with Crippen molar-refractivity contribution in [2.75, 3.05) is 91.6 Å². The van der Waals surface area contributed by atoms with Crippen molar-refractivity contribution >= 4 is 0 Å². The van der Waals surface area contributed by atoms with E-state index in [0.717, 1.165) is 98.0 Å². The van der Waals surface area contributed by atoms with Gasteiger partial charge in [0.2, 0.25) is 0 Å². The number of nitrogens with one attached hydrogen (secondary N) is 7. The van der Waals surface area contributed by atoms with Crippen LogP contribution in [0, 0.1) is 11.3 Å². The Morgan fingerprint density at radius 2 is 1.23 bits per heavy atom. The summed E-state index contributed by atoms with van der Waals surface area (Å²) in [5.41, 5.74) is 6.39. The summed E-state index contributed by atoms with van der Waals surface area (Å²) in [5, 5.41) is 32.9. The molecule has 0 radical (unpaired) electrons. The lowest BCUT2D eigenvalue weighted by Gasteiger charge is -2.31. The minimum absolute atomic E-state index is 0.293. The molecule has 1 heterocycles. The Morgan fingerprint density at radius 1 is 0.677 bits per heavy atom. The second-order valence-corrected chi connectivity index (χ2v) is 8.57. The predicted molar refractivity (Wildman–Crippen MR) is 130 cm³/mol. The van der Waals surface area contributed by atoms with E-state index in [1.807, 2.05) is 0 Å². The molecule has 9 heteroatoms. The maximum Gasteiger partial charge on any atom is 0.0621 e. The molecule has 0 bridgehead atoms. The lowest BCUT2D eigenvalue weighted by atomic mass is 10.0. The second-order valence-electron chi connectivity index (χ2n) is 8.57. The van der Waals surface area contributed by atoms with E-state index in [9.17, 15) is 0 Å². The second kappa shape index (κ2) is 21.0. The molecular formula is C22H49N9. The van der Waals surface area contributed by atoms with Crippen molar-refractivity contribution < 1.29 is 0 Å². The van der Waals surface area contributed by atoms with Gasteiger partial charge in [0, 0.05) is 78.4 Å². The molecule has 1 fully saturated rings. The van der Waals surface area contributed by atoms with Crippen LogP contribution in [0.4, 0.5) is 0 Å². The Kier molecular flexibility index (Phi) is 19.1. The highest BCUT2D eigenvalue weighted by Crippen LogP contribution is 2.01. The monoisotopic (exact) mass is 439 g/mol. The number of hydrogen-bond acceptors (Lipinski definition) is 9. The first kappa shape index (κ1) is 28.2. The van der Waals surface area contributed by atoms with Crippen molar-refractivity contribution in [1.29, 1.82) is 5.26 Å². The van der Waals surface area contributed by atoms with Crippen LogP contribution in [0.1, 0.15) is 38.5 Å². The van der Waals surface area contributed by atoms with Crippen molar-refractivity contribution in [3.8, 4) is 6.07 Å². The van der Waals surface area contributed by atoms with E-state index in [0.29, 0.717) is 6.42 Å². The standard InChI is InChI=1S/C22H49N9/c23-7-4-2-1-3-5-8-25-11-12-28-15-18-31-21-22(24)19-29-16-13-26-9-6-10-27-14-17-30-20-22/h25-31H,1-6,8-21,24H2. The molecule has 0 aromatic heterocycles. The summed E-state index contributed by atoms with van der Waals surface area (Å²) in [6, 6.07) is 2.20. The molecule has 1 saturated heterocycles. The summed E-state index contributed by atoms with van der Waals surface area (Å²) < 4.78 is 0. The number of nitriles is 1. The van der Waals surface area contributed by atoms with Crippen molar-refractivity contribution in [2.45, 2.75) is 44.1 Å². The van der Waals surface area contributed by atoms with Gasteiger partial charge in [-0.05, 0) is 38.9 Å². The molecule has 0 atom stereocenters. The highest BCUT2D eigenvalue weighted by molar-refractivity contribution is 4.91. The van der Waals surface area contributed by atoms with Gasteiger partial charge in [-0.1, -0.05) is 12.8 Å². The maximum absolute atomic E-state index is 8.51. The molecule has 0 spiro atoms. The molecule has 1 rings (SSSR count). The van der Waals surface area contributed by atoms with Crippen LogP contribution < -0.4 is 43.0 Å². The summed E-state index contributed by atoms with van der Waals surface area (Å²) in [6.45, 7) is 13.3. The molecule has 182 valence electrons. The van der Waals surface area contributed by atoms with Crippen LogP contribution in [-0.4, -0.2) is 97.2 Å². The molecular weight excluding hydrogens is 390 g/mol. The minimum Gasteiger partial charge on any atom is -0.322 e. The summed E-state index contributed by atoms with van der Waals surface area (Å²) in [6.07, 6.45) is 6.47. The molecule has 31 heavy (non-hydrogen) atoms. The van der Waals surface area contributed by atoms with Crippen LogP contribution in [-0.2, 0) is 0 Å². The van der Waals surface area contributed by atoms with E-state index < -0.39 is 0 Å². The summed E-state index contributed by atoms with van der Waals surface area (Å²) in [4.78, 5) is 0. The fourth-order valence-corrected chi connectivity index (χ4v) is 3.55. The van der Waals surface area contributed by atoms with Gasteiger partial charge in [-0.25, -0.2) is 0 Å². The van der Waals surface area contributed by atoms with Gasteiger partial charge in [-0.15, -0.1) is 0 Å². The van der Waals surface area contributed by atoms with E-state index >= 15 is 0 Å². The van der Waals surface area contributed by atoms with E-state index in [1.54, 1.807) is 0 Å². The first-order chi connectivity index (χ1) is 15.3. The molecule has 1 aliphatic rings. The third kappa shape index (κ3) is 18.4. The fourth-order valence-electron chi connectivity index (χ4n) is 3.55. The van der Waals surface area contributed by atoms with Crippen LogP contribution >= 0.6 is 0 Å². The quantitative estimate of drug-likeness (QED) is 0.155. The largest absolute Gasteiger partial charge is 0.322 e. The smallest absolute Gasteiger partial charge is 0.0621 e. The van der Waals surface area contributed by atoms with Gasteiger partial charge in [-0.2, -0.15) is 5.26 Å². The Bertz CT molecular complexity index is 414. The molecule has 0 unspecified atom stereocenters. The average molecular weight is 440 g/mol. The Hall–Kier alpha value is -0.830. The van der Waals surface area contributed by atoms with Crippen molar-refractivity contribution in [3.63, 3.8) is 0 Å². The SMILES string of the molecule is N#CCCCCCCNCCNCCNCC1(N)CNCCNCCCNCCNC1. The van der Waals surface area contributed by atoms with Crippen molar-refractivity contribution in [3.05, 3.63) is 0 Å². The van der Waals surface area contributed by atoms with Crippen LogP contribution in [0.5, 0.6) is 0 Å². The minimum atomic E-state index is -0.293. The van der Waals surface area contributed by atoms with Gasteiger partial charge in [0.25, 0.3) is 0 Å². The zero-order valence-electron chi connectivity index (χ0n) is 19.7. The highest BCUT2D eigenvalue weighted by Gasteiger charge is 2.23. The number of hydrogen-bond donors (Lipinski definition) is 8. The summed E-state index contributed by atoms with van der Waals surface area (Å²) in [7, 11) is 0. The number of nitrogens with zero attached hydrogens (tertiary/aromatic N) is 1. The Morgan fingerprint density at radius 3 is 1.87 bits per heavy atom. The van der Waals surface area contributed by atoms with Gasteiger partial charge >= 0.3 is 0 Å². The molecule has 9 nitrogen and oxygen atoms in total. The fraction of sp³-hybridized carbons (Fsp3) is 0.955. The number of rotatable bonds is 14. The van der Waals surface area contributed by atoms with Crippen molar-refractivity contribution in [2.24, 2.45) is 5.73 Å². The Labute approximate surface area is 190 Å². The van der Waals surface area contributed by atoms with Gasteiger partial charge in [0.05, 0.1) is 11.6 Å². The molecule has 0 saturated carbocycles. The van der Waals surface area contributed by atoms with Gasteiger partial charge in [0.1, 0.15) is 0 Å². The summed E-state index contributed by atoms with van der Waals surface area (Å²) >= 11 is 0. The van der Waals surface area contributed by atoms with Gasteiger partial charge in [0.15, 0.2) is 0 Å². The first-order valence-electron chi connectivity index (χ1n) is 12.4. The molecule has 0 aromatic rings. The maximum atomic E-state index is 8.51. The molecule has 0 amide bonds. The zero-order chi connectivity index (χ0) is 22.3. The average Bonchev–Trinajstić information content (AvgIpc) is 2.77. The van der Waals surface area contributed by atoms with E-state index in [1.165, 1.54) is 25.7 Å². The van der Waals surface area contributed by atoms with Crippen LogP contribution in [0.3, 0.4) is 0 Å². The lowest BCUT2D eigenvalue weighted by molar-refractivity contribution is 0.349. The van der Waals surface area contributed by atoms with Gasteiger partial charge in [-0.3, -0.25) is 0 Å². The number of unbranched alkanes of at least 4 members (excludes halogenated alkanes) is 4. The lowest BCUT2D eigenvalue weighted by Crippen LogP contribution is -2.62. The zero-order valence-corrected chi connectivity index (χ0v) is 19.7. The molecule has 0 aromatic carbocycles. The molecule has 1 aliphatic heterocycles. The van der Waals surface area contributed by atoms with Gasteiger partial charge < -0.3 is 43.0 Å². The topological polar surface area (TPSA) is 134 Å². The molecule has 9 N–H and O–H groups in total. The normalized spacial score (nSPS) is 18.8. The number of nitrogens with two attached hydrogens (primary N) is 1. The highest BCUT2D eigenvalue weighted by atomic mass is 15.1. The first-order valence-corrected chi connectivity index (χ1v) is 12.4.